The molecular weight excluding hydrogens is 183 g/mol. The van der Waals surface area contributed by atoms with Crippen LogP contribution in [0.2, 0.25) is 0 Å². The van der Waals surface area contributed by atoms with Gasteiger partial charge in [-0.2, -0.15) is 0 Å². The Bertz CT molecular complexity index is 332. The third kappa shape index (κ3) is 2.52. The topological polar surface area (TPSA) is 56.0 Å². The van der Waals surface area contributed by atoms with E-state index >= 15 is 0 Å². The van der Waals surface area contributed by atoms with Gasteiger partial charge >= 0.3 is 0 Å². The van der Waals surface area contributed by atoms with Gasteiger partial charge in [0.15, 0.2) is 0 Å². The molecule has 3 nitrogen and oxygen atoms in total. The fourth-order valence-electron chi connectivity index (χ4n) is 0.913. The van der Waals surface area contributed by atoms with Crippen LogP contribution in [0.5, 0.6) is 0 Å². The summed E-state index contributed by atoms with van der Waals surface area (Å²) >= 11 is 0. The molecule has 4 heteroatoms. The molecule has 0 saturated heterocycles. The molecule has 0 bridgehead atoms. The first kappa shape index (κ1) is 10.6. The second-order valence-corrected chi connectivity index (χ2v) is 3.63. The molecule has 1 amide bonds. The van der Waals surface area contributed by atoms with E-state index in [0.29, 0.717) is 5.69 Å². The molecule has 0 aliphatic heterocycles. The van der Waals surface area contributed by atoms with E-state index in [4.69, 9.17) is 5.73 Å². The smallest absolute Gasteiger partial charge is 0.223 e. The highest BCUT2D eigenvalue weighted by molar-refractivity contribution is 5.82. The molecule has 1 aromatic rings. The highest BCUT2D eigenvalue weighted by Gasteiger charge is 2.26. The second-order valence-electron chi connectivity index (χ2n) is 3.63. The monoisotopic (exact) mass is 195 g/mol. The number of hydrogen-bond donors (Lipinski definition) is 1. The van der Waals surface area contributed by atoms with Gasteiger partial charge in [0.05, 0.1) is 11.6 Å². The molecule has 0 spiro atoms. The zero-order valence-corrected chi connectivity index (χ0v) is 8.12. The summed E-state index contributed by atoms with van der Waals surface area (Å²) in [6, 6.07) is 2.79. The number of halogens is 1. The van der Waals surface area contributed by atoms with E-state index in [0.717, 1.165) is 6.20 Å². The van der Waals surface area contributed by atoms with Crippen molar-refractivity contribution >= 4 is 5.91 Å². The Morgan fingerprint density at radius 3 is 2.64 bits per heavy atom. The zero-order valence-electron chi connectivity index (χ0n) is 8.12. The van der Waals surface area contributed by atoms with E-state index in [9.17, 15) is 9.18 Å². The molecule has 1 rings (SSSR count). The van der Waals surface area contributed by atoms with Gasteiger partial charge in [0.25, 0.3) is 0 Å². The standard InChI is InChI=1S/C10H12FN2O/c1-10(2,9(12)14)5-8-4-3-7(11)6-13-8/h3-6H,1-2H3,(H2,12,14). The van der Waals surface area contributed by atoms with Crippen LogP contribution in [0, 0.1) is 17.7 Å². The summed E-state index contributed by atoms with van der Waals surface area (Å²) in [5.74, 6) is -0.845. The molecule has 1 aromatic heterocycles. The summed E-state index contributed by atoms with van der Waals surface area (Å²) in [4.78, 5) is 14.8. The summed E-state index contributed by atoms with van der Waals surface area (Å²) in [6.07, 6.45) is 2.71. The number of pyridine rings is 1. The molecular formula is C10H12FN2O. The summed E-state index contributed by atoms with van der Waals surface area (Å²) in [5.41, 5.74) is 4.94. The van der Waals surface area contributed by atoms with Gasteiger partial charge in [0, 0.05) is 12.1 Å². The largest absolute Gasteiger partial charge is 0.369 e. The van der Waals surface area contributed by atoms with Gasteiger partial charge in [-0.25, -0.2) is 4.39 Å². The molecule has 75 valence electrons. The molecule has 2 N–H and O–H groups in total. The molecule has 0 fully saturated rings. The molecule has 1 heterocycles. The number of nitrogens with two attached hydrogens (primary N) is 1. The molecule has 0 aliphatic carbocycles. The normalized spacial score (nSPS) is 11.4. The molecule has 0 unspecified atom stereocenters. The minimum absolute atomic E-state index is 0.404. The maximum atomic E-state index is 12.5. The third-order valence-corrected chi connectivity index (χ3v) is 1.89. The molecule has 0 aliphatic rings. The third-order valence-electron chi connectivity index (χ3n) is 1.89. The van der Waals surface area contributed by atoms with Crippen molar-refractivity contribution in [3.05, 3.63) is 36.3 Å². The Balaban J connectivity index is 2.79. The Morgan fingerprint density at radius 1 is 1.57 bits per heavy atom. The Hall–Kier alpha value is -1.45. The van der Waals surface area contributed by atoms with Crippen LogP contribution in [0.1, 0.15) is 19.5 Å². The first-order valence-corrected chi connectivity index (χ1v) is 4.19. The van der Waals surface area contributed by atoms with Crippen LogP contribution < -0.4 is 5.73 Å². The first-order valence-electron chi connectivity index (χ1n) is 4.19. The lowest BCUT2D eigenvalue weighted by atomic mass is 9.87. The van der Waals surface area contributed by atoms with E-state index < -0.39 is 17.1 Å². The predicted octanol–water partition coefficient (Wildman–Crippen LogP) is 1.28. The van der Waals surface area contributed by atoms with Crippen LogP contribution in [0.25, 0.3) is 0 Å². The summed E-state index contributed by atoms with van der Waals surface area (Å²) in [6.45, 7) is 3.36. The number of nitrogens with zero attached hydrogens (tertiary/aromatic N) is 1. The van der Waals surface area contributed by atoms with Gasteiger partial charge in [-0.15, -0.1) is 0 Å². The molecule has 0 aromatic carbocycles. The van der Waals surface area contributed by atoms with Gasteiger partial charge in [-0.3, -0.25) is 9.78 Å². The van der Waals surface area contributed by atoms with Crippen molar-refractivity contribution in [1.82, 2.24) is 4.98 Å². The molecule has 14 heavy (non-hydrogen) atoms. The number of amides is 1. The lowest BCUT2D eigenvalue weighted by molar-refractivity contribution is -0.124. The summed E-state index contributed by atoms with van der Waals surface area (Å²) in [7, 11) is 0. The minimum atomic E-state index is -0.773. The average Bonchev–Trinajstić information content (AvgIpc) is 2.08. The Morgan fingerprint density at radius 2 is 2.21 bits per heavy atom. The van der Waals surface area contributed by atoms with Crippen LogP contribution >= 0.6 is 0 Å². The number of carbonyl (C=O) groups excluding carboxylic acids is 1. The fourth-order valence-corrected chi connectivity index (χ4v) is 0.913. The Labute approximate surface area is 82.1 Å². The predicted molar refractivity (Wildman–Crippen MR) is 50.6 cm³/mol. The van der Waals surface area contributed by atoms with Gasteiger partial charge in [0.1, 0.15) is 5.82 Å². The maximum absolute atomic E-state index is 12.5. The summed E-state index contributed by atoms with van der Waals surface area (Å²) < 4.78 is 12.5. The lowest BCUT2D eigenvalue weighted by Crippen LogP contribution is -2.32. The lowest BCUT2D eigenvalue weighted by Gasteiger charge is -2.18. The van der Waals surface area contributed by atoms with Crippen LogP contribution in [0.3, 0.4) is 0 Å². The first-order chi connectivity index (χ1) is 6.42. The van der Waals surface area contributed by atoms with Crippen molar-refractivity contribution in [2.45, 2.75) is 13.8 Å². The number of primary amides is 1. The molecule has 1 radical (unpaired) electrons. The van der Waals surface area contributed by atoms with Gasteiger partial charge in [-0.1, -0.05) is 13.8 Å². The van der Waals surface area contributed by atoms with E-state index in [1.807, 2.05) is 0 Å². The van der Waals surface area contributed by atoms with E-state index in [2.05, 4.69) is 4.98 Å². The van der Waals surface area contributed by atoms with Gasteiger partial charge in [0.2, 0.25) is 5.91 Å². The number of hydrogen-bond acceptors (Lipinski definition) is 2. The highest BCUT2D eigenvalue weighted by Crippen LogP contribution is 2.22. The van der Waals surface area contributed by atoms with Crippen LogP contribution in [-0.4, -0.2) is 10.9 Å². The number of carbonyl (C=O) groups is 1. The molecule has 0 saturated carbocycles. The van der Waals surface area contributed by atoms with E-state index in [-0.39, 0.29) is 0 Å². The van der Waals surface area contributed by atoms with Crippen molar-refractivity contribution in [2.24, 2.45) is 11.1 Å². The quantitative estimate of drug-likeness (QED) is 0.790. The van der Waals surface area contributed by atoms with E-state index in [1.54, 1.807) is 20.3 Å². The van der Waals surface area contributed by atoms with Crippen LogP contribution in [0.15, 0.2) is 18.3 Å². The SMILES string of the molecule is CC(C)([CH]c1ccc(F)cn1)C(N)=O. The highest BCUT2D eigenvalue weighted by atomic mass is 19.1. The van der Waals surface area contributed by atoms with Crippen molar-refractivity contribution < 1.29 is 9.18 Å². The average molecular weight is 195 g/mol. The maximum Gasteiger partial charge on any atom is 0.223 e. The van der Waals surface area contributed by atoms with Crippen molar-refractivity contribution in [2.75, 3.05) is 0 Å². The van der Waals surface area contributed by atoms with Crippen molar-refractivity contribution in [1.29, 1.82) is 0 Å². The van der Waals surface area contributed by atoms with Crippen LogP contribution in [-0.2, 0) is 4.79 Å². The zero-order chi connectivity index (χ0) is 10.8. The fraction of sp³-hybridized carbons (Fsp3) is 0.300. The second kappa shape index (κ2) is 3.74. The number of aromatic nitrogens is 1. The molecule has 0 atom stereocenters. The van der Waals surface area contributed by atoms with Crippen molar-refractivity contribution in [3.8, 4) is 0 Å². The number of rotatable bonds is 3. The minimum Gasteiger partial charge on any atom is -0.369 e. The van der Waals surface area contributed by atoms with Gasteiger partial charge in [-0.05, 0) is 12.1 Å². The van der Waals surface area contributed by atoms with Crippen LogP contribution in [0.4, 0.5) is 4.39 Å². The van der Waals surface area contributed by atoms with Gasteiger partial charge < -0.3 is 5.73 Å². The van der Waals surface area contributed by atoms with E-state index in [1.165, 1.54) is 12.1 Å². The summed E-state index contributed by atoms with van der Waals surface area (Å²) in [5, 5.41) is 0. The Kier molecular flexibility index (Phi) is 2.84. The van der Waals surface area contributed by atoms with Crippen molar-refractivity contribution in [3.63, 3.8) is 0 Å².